The van der Waals surface area contributed by atoms with Gasteiger partial charge in [-0.2, -0.15) is 8.78 Å². The van der Waals surface area contributed by atoms with E-state index in [2.05, 4.69) is 25.5 Å². The van der Waals surface area contributed by atoms with Crippen LogP contribution in [0.5, 0.6) is 0 Å². The third-order valence-electron chi connectivity index (χ3n) is 3.88. The first-order chi connectivity index (χ1) is 13.6. The molecule has 0 saturated heterocycles. The number of benzene rings is 1. The van der Waals surface area contributed by atoms with Crippen LogP contribution in [0.3, 0.4) is 0 Å². The highest BCUT2D eigenvalue weighted by Crippen LogP contribution is 2.23. The van der Waals surface area contributed by atoms with Crippen LogP contribution in [0.4, 0.5) is 8.78 Å². The zero-order valence-corrected chi connectivity index (χ0v) is 14.2. The minimum atomic E-state index is -2.82. The van der Waals surface area contributed by atoms with Gasteiger partial charge in [0, 0.05) is 17.3 Å². The van der Waals surface area contributed by atoms with Crippen LogP contribution in [0, 0.1) is 0 Å². The summed E-state index contributed by atoms with van der Waals surface area (Å²) in [6.07, 6.45) is 1.16. The fraction of sp³-hybridized carbons (Fsp3) is 0.111. The zero-order chi connectivity index (χ0) is 19.5. The lowest BCUT2D eigenvalue weighted by Crippen LogP contribution is -2.02. The van der Waals surface area contributed by atoms with E-state index >= 15 is 0 Å². The fourth-order valence-electron chi connectivity index (χ4n) is 2.53. The number of hydrogen-bond acceptors (Lipinski definition) is 7. The Morgan fingerprint density at radius 2 is 2.00 bits per heavy atom. The summed E-state index contributed by atoms with van der Waals surface area (Å²) in [6, 6.07) is 10.4. The molecule has 4 rings (SSSR count). The summed E-state index contributed by atoms with van der Waals surface area (Å²) >= 11 is 0. The highest BCUT2D eigenvalue weighted by Gasteiger charge is 2.17. The number of pyridine rings is 1. The van der Waals surface area contributed by atoms with E-state index in [9.17, 15) is 13.6 Å². The second kappa shape index (κ2) is 7.43. The summed E-state index contributed by atoms with van der Waals surface area (Å²) in [5.41, 5.74) is 3.08. The maximum absolute atomic E-state index is 12.5. The molecule has 0 unspecified atom stereocenters. The lowest BCUT2D eigenvalue weighted by Gasteiger charge is -2.01. The normalized spacial score (nSPS) is 11.1. The minimum Gasteiger partial charge on any atom is -0.415 e. The molecule has 0 fully saturated rings. The SMILES string of the molecule is O=Cc1cccc(-c2cn(Cc3ccc(-c4nnc(C(F)F)o4)cn3)nn2)c1. The van der Waals surface area contributed by atoms with E-state index in [-0.39, 0.29) is 5.89 Å². The molecule has 0 aliphatic heterocycles. The van der Waals surface area contributed by atoms with Gasteiger partial charge in [0.05, 0.1) is 24.0 Å². The van der Waals surface area contributed by atoms with Crippen LogP contribution in [0.25, 0.3) is 22.7 Å². The third-order valence-corrected chi connectivity index (χ3v) is 3.88. The average molecular weight is 382 g/mol. The van der Waals surface area contributed by atoms with Crippen LogP contribution in [-0.4, -0.2) is 36.5 Å². The molecule has 0 N–H and O–H groups in total. The third kappa shape index (κ3) is 3.65. The van der Waals surface area contributed by atoms with Gasteiger partial charge in [-0.05, 0) is 18.2 Å². The van der Waals surface area contributed by atoms with E-state index in [4.69, 9.17) is 4.42 Å². The number of aromatic nitrogens is 6. The Hall–Kier alpha value is -3.82. The van der Waals surface area contributed by atoms with Crippen LogP contribution in [0.15, 0.2) is 53.2 Å². The summed E-state index contributed by atoms with van der Waals surface area (Å²) in [4.78, 5) is 15.2. The predicted octanol–water partition coefficient (Wildman–Crippen LogP) is 3.19. The van der Waals surface area contributed by atoms with E-state index in [1.807, 2.05) is 6.07 Å². The maximum atomic E-state index is 12.5. The molecule has 0 saturated carbocycles. The smallest absolute Gasteiger partial charge is 0.314 e. The van der Waals surface area contributed by atoms with Crippen molar-refractivity contribution in [3.8, 4) is 22.7 Å². The highest BCUT2D eigenvalue weighted by molar-refractivity contribution is 5.78. The van der Waals surface area contributed by atoms with Crippen molar-refractivity contribution in [2.24, 2.45) is 0 Å². The molecule has 28 heavy (non-hydrogen) atoms. The molecule has 10 heteroatoms. The van der Waals surface area contributed by atoms with Gasteiger partial charge < -0.3 is 4.42 Å². The number of carbonyl (C=O) groups excluding carboxylic acids is 1. The summed E-state index contributed by atoms with van der Waals surface area (Å²) in [5, 5.41) is 15.0. The molecule has 3 aromatic heterocycles. The van der Waals surface area contributed by atoms with Crippen molar-refractivity contribution in [3.63, 3.8) is 0 Å². The second-order valence-electron chi connectivity index (χ2n) is 5.83. The van der Waals surface area contributed by atoms with Crippen molar-refractivity contribution >= 4 is 6.29 Å². The highest BCUT2D eigenvalue weighted by atomic mass is 19.3. The second-order valence-corrected chi connectivity index (χ2v) is 5.83. The van der Waals surface area contributed by atoms with Gasteiger partial charge in [-0.3, -0.25) is 9.78 Å². The Morgan fingerprint density at radius 3 is 2.71 bits per heavy atom. The molecule has 0 aliphatic carbocycles. The van der Waals surface area contributed by atoms with E-state index in [1.54, 1.807) is 41.2 Å². The van der Waals surface area contributed by atoms with E-state index in [0.717, 1.165) is 11.8 Å². The topological polar surface area (TPSA) is 99.6 Å². The van der Waals surface area contributed by atoms with Crippen molar-refractivity contribution < 1.29 is 18.0 Å². The van der Waals surface area contributed by atoms with Gasteiger partial charge in [-0.25, -0.2) is 4.68 Å². The molecule has 0 radical (unpaired) electrons. The van der Waals surface area contributed by atoms with Crippen LogP contribution in [0.2, 0.25) is 0 Å². The maximum Gasteiger partial charge on any atom is 0.314 e. The Balaban J connectivity index is 1.49. The molecule has 0 aliphatic rings. The number of hydrogen-bond donors (Lipinski definition) is 0. The number of aldehydes is 1. The monoisotopic (exact) mass is 382 g/mol. The molecule has 8 nitrogen and oxygen atoms in total. The van der Waals surface area contributed by atoms with Gasteiger partial charge in [-0.15, -0.1) is 15.3 Å². The van der Waals surface area contributed by atoms with Crippen LogP contribution < -0.4 is 0 Å². The molecule has 0 amide bonds. The first-order valence-corrected chi connectivity index (χ1v) is 8.15. The lowest BCUT2D eigenvalue weighted by molar-refractivity contribution is 0.112. The van der Waals surface area contributed by atoms with Crippen LogP contribution >= 0.6 is 0 Å². The summed E-state index contributed by atoms with van der Waals surface area (Å²) < 4.78 is 31.5. The van der Waals surface area contributed by atoms with Crippen molar-refractivity contribution in [1.82, 2.24) is 30.2 Å². The number of nitrogens with zero attached hydrogens (tertiary/aromatic N) is 6. The summed E-state index contributed by atoms with van der Waals surface area (Å²) in [7, 11) is 0. The molecule has 1 aromatic carbocycles. The first-order valence-electron chi connectivity index (χ1n) is 8.15. The Kier molecular flexibility index (Phi) is 4.67. The Bertz CT molecular complexity index is 1110. The van der Waals surface area contributed by atoms with Gasteiger partial charge >= 0.3 is 6.43 Å². The predicted molar refractivity (Wildman–Crippen MR) is 92.4 cm³/mol. The molecule has 4 aromatic rings. The van der Waals surface area contributed by atoms with E-state index in [1.165, 1.54) is 6.20 Å². The van der Waals surface area contributed by atoms with Gasteiger partial charge in [0.25, 0.3) is 5.89 Å². The van der Waals surface area contributed by atoms with Gasteiger partial charge in [0.1, 0.15) is 12.0 Å². The molecular formula is C18H12F2N6O2. The molecule has 0 bridgehead atoms. The minimum absolute atomic E-state index is 0.0209. The van der Waals surface area contributed by atoms with Gasteiger partial charge in [0.2, 0.25) is 5.89 Å². The number of rotatable bonds is 6. The largest absolute Gasteiger partial charge is 0.415 e. The lowest BCUT2D eigenvalue weighted by atomic mass is 10.1. The summed E-state index contributed by atoms with van der Waals surface area (Å²) in [6.45, 7) is 0.354. The molecule has 0 spiro atoms. The number of halogens is 2. The standard InChI is InChI=1S/C18H12F2N6O2/c19-16(20)18-24-23-17(28-18)13-4-5-14(21-7-13)8-26-9-15(22-25-26)12-3-1-2-11(6-12)10-27/h1-7,9-10,16H,8H2. The Morgan fingerprint density at radius 1 is 1.11 bits per heavy atom. The molecule has 140 valence electrons. The van der Waals surface area contributed by atoms with Crippen molar-refractivity contribution in [3.05, 3.63) is 65.9 Å². The molecular weight excluding hydrogens is 370 g/mol. The number of carbonyl (C=O) groups is 1. The fourth-order valence-corrected chi connectivity index (χ4v) is 2.53. The molecule has 3 heterocycles. The van der Waals surface area contributed by atoms with Gasteiger partial charge in [0.15, 0.2) is 0 Å². The average Bonchev–Trinajstić information content (AvgIpc) is 3.39. The number of alkyl halides is 2. The quantitative estimate of drug-likeness (QED) is 0.472. The van der Waals surface area contributed by atoms with Crippen molar-refractivity contribution in [1.29, 1.82) is 0 Å². The van der Waals surface area contributed by atoms with Crippen LogP contribution in [-0.2, 0) is 6.54 Å². The first kappa shape index (κ1) is 17.6. The molecule has 0 atom stereocenters. The van der Waals surface area contributed by atoms with Crippen LogP contribution in [0.1, 0.15) is 28.4 Å². The van der Waals surface area contributed by atoms with E-state index < -0.39 is 12.3 Å². The summed E-state index contributed by atoms with van der Waals surface area (Å²) in [5.74, 6) is -0.750. The zero-order valence-electron chi connectivity index (χ0n) is 14.2. The Labute approximate surface area is 156 Å². The van der Waals surface area contributed by atoms with Crippen molar-refractivity contribution in [2.45, 2.75) is 13.0 Å². The van der Waals surface area contributed by atoms with Gasteiger partial charge in [-0.1, -0.05) is 23.4 Å². The van der Waals surface area contributed by atoms with E-state index in [0.29, 0.717) is 29.1 Å². The van der Waals surface area contributed by atoms with Crippen molar-refractivity contribution in [2.75, 3.05) is 0 Å².